The zero-order chi connectivity index (χ0) is 53.6. The van der Waals surface area contributed by atoms with E-state index in [4.69, 9.17) is 93.8 Å². The lowest BCUT2D eigenvalue weighted by Crippen LogP contribution is -2.47. The van der Waals surface area contributed by atoms with Gasteiger partial charge in [0.2, 0.25) is 23.0 Å². The molecule has 0 bridgehead atoms. The third-order valence-corrected chi connectivity index (χ3v) is 13.2. The summed E-state index contributed by atoms with van der Waals surface area (Å²) < 4.78 is 56.3. The number of carbonyl (C=O) groups is 2. The molecule has 2 unspecified atom stereocenters. The van der Waals surface area contributed by atoms with E-state index in [-0.39, 0.29) is 44.4 Å². The number of nitro benzene ring substituents is 2. The van der Waals surface area contributed by atoms with Crippen LogP contribution in [0.4, 0.5) is 22.7 Å². The number of carbonyl (C=O) groups excluding carboxylic acids is 2. The molecule has 0 saturated carbocycles. The summed E-state index contributed by atoms with van der Waals surface area (Å²) in [5.41, 5.74) is 0.655. The van der Waals surface area contributed by atoms with Crippen molar-refractivity contribution in [2.75, 3.05) is 131 Å². The molecule has 2 aliphatic heterocycles. The number of halogens is 4. The maximum atomic E-state index is 13.7. The lowest BCUT2D eigenvalue weighted by atomic mass is 10.2. The Hall–Kier alpha value is -6.30. The SMILES string of the molecule is COc1cc(N2CCN(CCC(COc3c(Cl)cc(Cl)cc3[N+](=O)[O-])OC(=O)C(=O)OC(CCN3CCN(c4cc(OC)c(OC)c(OC)c4)CC3)COc3c(Cl)cc(Cl)cc3[N+](=O)[O-])CC2)cc(OC)c1OC. The van der Waals surface area contributed by atoms with Crippen molar-refractivity contribution in [3.8, 4) is 46.0 Å². The summed E-state index contributed by atoms with van der Waals surface area (Å²) in [6.45, 7) is 4.45. The fourth-order valence-corrected chi connectivity index (χ4v) is 9.44. The van der Waals surface area contributed by atoms with Crippen LogP contribution in [0.2, 0.25) is 20.1 Å². The summed E-state index contributed by atoms with van der Waals surface area (Å²) in [5.74, 6) is -0.489. The number of methoxy groups -OCH3 is 6. The minimum atomic E-state index is -1.40. The number of benzene rings is 4. The van der Waals surface area contributed by atoms with Crippen molar-refractivity contribution in [3.05, 3.63) is 88.9 Å². The van der Waals surface area contributed by atoms with E-state index in [0.717, 1.165) is 23.5 Å². The van der Waals surface area contributed by atoms with Gasteiger partial charge in [-0.3, -0.25) is 30.0 Å². The molecule has 402 valence electrons. The van der Waals surface area contributed by atoms with Crippen molar-refractivity contribution in [2.24, 2.45) is 0 Å². The minimum Gasteiger partial charge on any atom is -0.493 e. The van der Waals surface area contributed by atoms with E-state index in [1.165, 1.54) is 54.8 Å². The lowest BCUT2D eigenvalue weighted by molar-refractivity contribution is -0.386. The molecule has 2 saturated heterocycles. The van der Waals surface area contributed by atoms with Crippen LogP contribution in [-0.4, -0.2) is 165 Å². The van der Waals surface area contributed by atoms with Gasteiger partial charge in [-0.1, -0.05) is 46.4 Å². The van der Waals surface area contributed by atoms with Crippen LogP contribution in [-0.2, 0) is 19.1 Å². The van der Waals surface area contributed by atoms with Crippen LogP contribution in [0.1, 0.15) is 12.8 Å². The average molecular weight is 1110 g/mol. The Morgan fingerprint density at radius 3 is 1.11 bits per heavy atom. The first-order chi connectivity index (χ1) is 35.5. The van der Waals surface area contributed by atoms with Crippen LogP contribution in [0.15, 0.2) is 48.5 Å². The van der Waals surface area contributed by atoms with Crippen LogP contribution in [0.5, 0.6) is 46.0 Å². The maximum Gasteiger partial charge on any atom is 0.417 e. The van der Waals surface area contributed by atoms with Gasteiger partial charge in [0.05, 0.1) is 62.6 Å². The Balaban J connectivity index is 1.15. The van der Waals surface area contributed by atoms with E-state index in [1.54, 1.807) is 0 Å². The van der Waals surface area contributed by atoms with E-state index in [1.807, 2.05) is 24.3 Å². The highest BCUT2D eigenvalue weighted by Gasteiger charge is 2.32. The van der Waals surface area contributed by atoms with E-state index in [0.29, 0.717) is 99.9 Å². The molecule has 0 spiro atoms. The molecule has 2 atom stereocenters. The van der Waals surface area contributed by atoms with Gasteiger partial charge in [-0.15, -0.1) is 0 Å². The zero-order valence-electron chi connectivity index (χ0n) is 41.4. The lowest BCUT2D eigenvalue weighted by Gasteiger charge is -2.37. The summed E-state index contributed by atoms with van der Waals surface area (Å²) in [7, 11) is 9.21. The van der Waals surface area contributed by atoms with Gasteiger partial charge in [-0.25, -0.2) is 9.59 Å². The fourth-order valence-electron chi connectivity index (χ4n) is 8.37. The number of hydrogen-bond acceptors (Lipinski definition) is 20. The van der Waals surface area contributed by atoms with Gasteiger partial charge in [0.1, 0.15) is 25.4 Å². The highest BCUT2D eigenvalue weighted by Crippen LogP contribution is 2.43. The van der Waals surface area contributed by atoms with Gasteiger partial charge < -0.3 is 57.2 Å². The van der Waals surface area contributed by atoms with Crippen LogP contribution < -0.4 is 47.7 Å². The van der Waals surface area contributed by atoms with Gasteiger partial charge in [0, 0.05) is 136 Å². The number of ether oxygens (including phenoxy) is 10. The normalized spacial score (nSPS) is 14.8. The first-order valence-corrected chi connectivity index (χ1v) is 24.5. The van der Waals surface area contributed by atoms with Gasteiger partial charge in [0.25, 0.3) is 0 Å². The maximum absolute atomic E-state index is 13.7. The summed E-state index contributed by atoms with van der Waals surface area (Å²) in [6.07, 6.45) is -2.12. The van der Waals surface area contributed by atoms with E-state index in [2.05, 4.69) is 19.6 Å². The van der Waals surface area contributed by atoms with Crippen LogP contribution >= 0.6 is 46.4 Å². The van der Waals surface area contributed by atoms with Gasteiger partial charge >= 0.3 is 23.3 Å². The molecule has 26 heteroatoms. The van der Waals surface area contributed by atoms with Gasteiger partial charge in [0.15, 0.2) is 23.0 Å². The molecule has 0 N–H and O–H groups in total. The molecular weight excluding hydrogens is 1060 g/mol. The van der Waals surface area contributed by atoms with E-state index >= 15 is 0 Å². The van der Waals surface area contributed by atoms with Crippen LogP contribution in [0.3, 0.4) is 0 Å². The molecule has 22 nitrogen and oxygen atoms in total. The highest BCUT2D eigenvalue weighted by atomic mass is 35.5. The smallest absolute Gasteiger partial charge is 0.417 e. The second-order valence-corrected chi connectivity index (χ2v) is 18.4. The van der Waals surface area contributed by atoms with Crippen molar-refractivity contribution < 1.29 is 66.8 Å². The predicted molar refractivity (Wildman–Crippen MR) is 276 cm³/mol. The number of piperazine rings is 2. The van der Waals surface area contributed by atoms with Crippen molar-refractivity contribution >= 4 is 81.1 Å². The van der Waals surface area contributed by atoms with Crippen molar-refractivity contribution in [3.63, 3.8) is 0 Å². The Labute approximate surface area is 446 Å². The number of nitrogens with zero attached hydrogens (tertiary/aromatic N) is 6. The molecular formula is C48H56Cl4N6O16. The number of rotatable bonds is 24. The van der Waals surface area contributed by atoms with Gasteiger partial charge in [-0.2, -0.15) is 0 Å². The summed E-state index contributed by atoms with van der Waals surface area (Å²) in [6, 6.07) is 12.1. The number of esters is 2. The summed E-state index contributed by atoms with van der Waals surface area (Å²) in [5, 5.41) is 23.6. The summed E-state index contributed by atoms with van der Waals surface area (Å²) >= 11 is 24.8. The quantitative estimate of drug-likeness (QED) is 0.0281. The Kier molecular flexibility index (Phi) is 20.6. The topological polar surface area (TPSA) is 226 Å². The second kappa shape index (κ2) is 26.8. The molecule has 0 aromatic heterocycles. The molecule has 0 amide bonds. The molecule has 2 fully saturated rings. The highest BCUT2D eigenvalue weighted by molar-refractivity contribution is 6.36. The Morgan fingerprint density at radius 2 is 0.824 bits per heavy atom. The Bertz CT molecular complexity index is 2410. The van der Waals surface area contributed by atoms with E-state index < -0.39 is 58.6 Å². The van der Waals surface area contributed by atoms with Crippen molar-refractivity contribution in [2.45, 2.75) is 25.0 Å². The summed E-state index contributed by atoms with van der Waals surface area (Å²) in [4.78, 5) is 58.5. The van der Waals surface area contributed by atoms with Crippen LogP contribution in [0, 0.1) is 20.2 Å². The molecule has 0 aliphatic carbocycles. The minimum absolute atomic E-state index is 0.00479. The van der Waals surface area contributed by atoms with Gasteiger partial charge in [-0.05, 0) is 12.1 Å². The van der Waals surface area contributed by atoms with E-state index in [9.17, 15) is 29.8 Å². The molecule has 6 rings (SSSR count). The molecule has 4 aromatic carbocycles. The second-order valence-electron chi connectivity index (χ2n) is 16.7. The number of hydrogen-bond donors (Lipinski definition) is 0. The standard InChI is InChI=1S/C48H56Cl4N6O16/c1-65-39-23-31(24-40(66-2)45(39)69-5)55-15-11-53(12-16-55)9-7-33(27-71-43-35(51)19-29(49)21-37(43)57(61)62)73-47(59)48(60)74-34(28-72-44-36(52)20-30(50)22-38(44)58(63)64)8-10-54-13-17-56(18-14-54)32-25-41(67-3)46(70-6)42(26-32)68-4/h19-26,33-34H,7-18,27-28H2,1-6H3. The zero-order valence-corrected chi connectivity index (χ0v) is 44.4. The van der Waals surface area contributed by atoms with Crippen LogP contribution in [0.25, 0.3) is 0 Å². The first-order valence-electron chi connectivity index (χ1n) is 23.0. The third-order valence-electron chi connectivity index (χ3n) is 12.2. The molecule has 74 heavy (non-hydrogen) atoms. The predicted octanol–water partition coefficient (Wildman–Crippen LogP) is 7.87. The van der Waals surface area contributed by atoms with Crippen molar-refractivity contribution in [1.82, 2.24) is 9.80 Å². The monoisotopic (exact) mass is 1110 g/mol. The first kappa shape index (κ1) is 57.0. The molecule has 4 aromatic rings. The largest absolute Gasteiger partial charge is 0.493 e. The molecule has 0 radical (unpaired) electrons. The number of anilines is 2. The number of nitro groups is 2. The fraction of sp³-hybridized carbons (Fsp3) is 0.458. The Morgan fingerprint density at radius 1 is 0.500 bits per heavy atom. The molecule has 2 aliphatic rings. The third kappa shape index (κ3) is 14.5. The molecule has 2 heterocycles. The van der Waals surface area contributed by atoms with Crippen molar-refractivity contribution in [1.29, 1.82) is 0 Å². The average Bonchev–Trinajstić information content (AvgIpc) is 3.39.